The number of aliphatic hydroxyl groups excluding tert-OH is 1. The van der Waals surface area contributed by atoms with Gasteiger partial charge >= 0.3 is 0 Å². The van der Waals surface area contributed by atoms with Gasteiger partial charge in [-0.25, -0.2) is 0 Å². The molecule has 2 N–H and O–H groups in total. The summed E-state index contributed by atoms with van der Waals surface area (Å²) in [4.78, 5) is 12.3. The van der Waals surface area contributed by atoms with Crippen LogP contribution in [-0.4, -0.2) is 23.2 Å². The summed E-state index contributed by atoms with van der Waals surface area (Å²) in [7, 11) is 0. The van der Waals surface area contributed by atoms with E-state index in [1.165, 1.54) is 0 Å². The lowest BCUT2D eigenvalue weighted by Gasteiger charge is -2.31. The molecule has 0 bridgehead atoms. The Balaban J connectivity index is 2.96. The van der Waals surface area contributed by atoms with E-state index in [0.29, 0.717) is 5.02 Å². The van der Waals surface area contributed by atoms with Crippen LogP contribution in [0, 0.1) is 0 Å². The van der Waals surface area contributed by atoms with Crippen LogP contribution in [0.25, 0.3) is 0 Å². The molecule has 1 amide bonds. The average Bonchev–Trinajstić information content (AvgIpc) is 2.28. The molecule has 0 aliphatic heterocycles. The first-order chi connectivity index (χ1) is 8.19. The molecule has 0 saturated heterocycles. The van der Waals surface area contributed by atoms with Crippen molar-refractivity contribution in [2.45, 2.75) is 38.6 Å². The summed E-state index contributed by atoms with van der Waals surface area (Å²) in [6, 6.07) is 7.26. The molecule has 0 aromatic heterocycles. The van der Waals surface area contributed by atoms with Crippen LogP contribution in [0.4, 0.5) is 0 Å². The van der Waals surface area contributed by atoms with Crippen LogP contribution in [0.2, 0.25) is 5.02 Å². The minimum absolute atomic E-state index is 0.107. The molecule has 4 heteroatoms. The zero-order valence-electron chi connectivity index (χ0n) is 11.2. The van der Waals surface area contributed by atoms with Gasteiger partial charge in [-0.05, 0) is 45.4 Å². The number of rotatable bonds is 4. The number of hydrogen-bond donors (Lipinski definition) is 2. The minimum atomic E-state index is -0.697. The van der Waals surface area contributed by atoms with Gasteiger partial charge < -0.3 is 10.4 Å². The molecule has 0 radical (unpaired) electrons. The zero-order chi connectivity index (χ0) is 14.0. The molecular formula is C14H20ClNO2. The van der Waals surface area contributed by atoms with Crippen molar-refractivity contribution >= 4 is 17.5 Å². The maximum atomic E-state index is 12.3. The lowest BCUT2D eigenvalue weighted by Crippen LogP contribution is -2.52. The van der Waals surface area contributed by atoms with E-state index in [9.17, 15) is 9.90 Å². The number of halogens is 1. The fourth-order valence-corrected chi connectivity index (χ4v) is 1.70. The van der Waals surface area contributed by atoms with Crippen molar-refractivity contribution in [3.8, 4) is 0 Å². The van der Waals surface area contributed by atoms with Gasteiger partial charge in [-0.15, -0.1) is 0 Å². The largest absolute Gasteiger partial charge is 0.394 e. The summed E-state index contributed by atoms with van der Waals surface area (Å²) in [5.74, 6) is -0.135. The Hall–Kier alpha value is -1.06. The van der Waals surface area contributed by atoms with Gasteiger partial charge in [0.1, 0.15) is 0 Å². The molecule has 0 atom stereocenters. The van der Waals surface area contributed by atoms with Crippen molar-refractivity contribution in [3.05, 3.63) is 34.9 Å². The highest BCUT2D eigenvalue weighted by Gasteiger charge is 2.33. The van der Waals surface area contributed by atoms with Crippen LogP contribution in [0.15, 0.2) is 24.3 Å². The Morgan fingerprint density at radius 1 is 1.33 bits per heavy atom. The van der Waals surface area contributed by atoms with Gasteiger partial charge in [-0.2, -0.15) is 0 Å². The number of benzene rings is 1. The summed E-state index contributed by atoms with van der Waals surface area (Å²) < 4.78 is 0. The molecule has 1 aromatic carbocycles. The van der Waals surface area contributed by atoms with Gasteiger partial charge in [0.15, 0.2) is 0 Å². The summed E-state index contributed by atoms with van der Waals surface area (Å²) in [5.41, 5.74) is -0.481. The SMILES string of the molecule is CC(C)(CO)NC(=O)C(C)(C)c1cccc(Cl)c1. The third-order valence-corrected chi connectivity index (χ3v) is 3.20. The van der Waals surface area contributed by atoms with E-state index in [1.807, 2.05) is 26.0 Å². The van der Waals surface area contributed by atoms with E-state index >= 15 is 0 Å². The first kappa shape index (κ1) is 15.0. The number of amides is 1. The van der Waals surface area contributed by atoms with Crippen LogP contribution in [0.3, 0.4) is 0 Å². The number of carbonyl (C=O) groups is 1. The predicted octanol–water partition coefficient (Wildman–Crippen LogP) is 2.50. The van der Waals surface area contributed by atoms with Crippen molar-refractivity contribution in [1.29, 1.82) is 0 Å². The van der Waals surface area contributed by atoms with E-state index in [0.717, 1.165) is 5.56 Å². The molecule has 0 fully saturated rings. The highest BCUT2D eigenvalue weighted by Crippen LogP contribution is 2.26. The van der Waals surface area contributed by atoms with Crippen molar-refractivity contribution < 1.29 is 9.90 Å². The van der Waals surface area contributed by atoms with Gasteiger partial charge in [0.2, 0.25) is 5.91 Å². The monoisotopic (exact) mass is 269 g/mol. The third-order valence-electron chi connectivity index (χ3n) is 2.96. The molecule has 0 spiro atoms. The minimum Gasteiger partial charge on any atom is -0.394 e. The second-order valence-corrected chi connectivity index (χ2v) is 6.07. The first-order valence-corrected chi connectivity index (χ1v) is 6.26. The molecule has 0 saturated carbocycles. The third kappa shape index (κ3) is 3.47. The Morgan fingerprint density at radius 3 is 2.44 bits per heavy atom. The number of aliphatic hydroxyl groups is 1. The highest BCUT2D eigenvalue weighted by atomic mass is 35.5. The summed E-state index contributed by atoms with van der Waals surface area (Å²) in [6.45, 7) is 7.12. The standard InChI is InChI=1S/C14H20ClNO2/c1-13(2,9-17)16-12(18)14(3,4)10-6-5-7-11(15)8-10/h5-8,17H,9H2,1-4H3,(H,16,18). The van der Waals surface area contributed by atoms with Gasteiger partial charge in [-0.1, -0.05) is 23.7 Å². The maximum absolute atomic E-state index is 12.3. The van der Waals surface area contributed by atoms with E-state index in [2.05, 4.69) is 5.32 Å². The molecule has 0 aliphatic carbocycles. The van der Waals surface area contributed by atoms with Crippen molar-refractivity contribution in [1.82, 2.24) is 5.32 Å². The van der Waals surface area contributed by atoms with E-state index < -0.39 is 11.0 Å². The molecular weight excluding hydrogens is 250 g/mol. The summed E-state index contributed by atoms with van der Waals surface area (Å²) >= 11 is 5.94. The molecule has 0 aliphatic rings. The molecule has 1 aromatic rings. The molecule has 0 heterocycles. The molecule has 0 unspecified atom stereocenters. The van der Waals surface area contributed by atoms with Crippen LogP contribution in [0.1, 0.15) is 33.3 Å². The molecule has 1 rings (SSSR count). The van der Waals surface area contributed by atoms with Crippen LogP contribution in [-0.2, 0) is 10.2 Å². The van der Waals surface area contributed by atoms with Crippen LogP contribution >= 0.6 is 11.6 Å². The molecule has 18 heavy (non-hydrogen) atoms. The quantitative estimate of drug-likeness (QED) is 0.882. The lowest BCUT2D eigenvalue weighted by atomic mass is 9.83. The Bertz CT molecular complexity index is 441. The van der Waals surface area contributed by atoms with Gasteiger partial charge in [0.05, 0.1) is 17.6 Å². The summed E-state index contributed by atoms with van der Waals surface area (Å²) in [5, 5.41) is 12.6. The normalized spacial score (nSPS) is 12.3. The lowest BCUT2D eigenvalue weighted by molar-refractivity contribution is -0.127. The maximum Gasteiger partial charge on any atom is 0.230 e. The van der Waals surface area contributed by atoms with Crippen LogP contribution < -0.4 is 5.32 Å². The van der Waals surface area contributed by atoms with Crippen molar-refractivity contribution in [3.63, 3.8) is 0 Å². The fraction of sp³-hybridized carbons (Fsp3) is 0.500. The first-order valence-electron chi connectivity index (χ1n) is 5.88. The molecule has 100 valence electrons. The topological polar surface area (TPSA) is 49.3 Å². The van der Waals surface area contributed by atoms with Gasteiger partial charge in [-0.3, -0.25) is 4.79 Å². The number of carbonyl (C=O) groups excluding carboxylic acids is 1. The Morgan fingerprint density at radius 2 is 1.94 bits per heavy atom. The smallest absolute Gasteiger partial charge is 0.230 e. The van der Waals surface area contributed by atoms with E-state index in [4.69, 9.17) is 11.6 Å². The second kappa shape index (κ2) is 5.29. The number of hydrogen-bond acceptors (Lipinski definition) is 2. The van der Waals surface area contributed by atoms with Crippen molar-refractivity contribution in [2.75, 3.05) is 6.61 Å². The Kier molecular flexibility index (Phi) is 4.41. The second-order valence-electron chi connectivity index (χ2n) is 5.63. The fourth-order valence-electron chi connectivity index (χ4n) is 1.51. The van der Waals surface area contributed by atoms with E-state index in [1.54, 1.807) is 26.0 Å². The summed E-state index contributed by atoms with van der Waals surface area (Å²) in [6.07, 6.45) is 0. The van der Waals surface area contributed by atoms with Gasteiger partial charge in [0, 0.05) is 5.02 Å². The molecule has 3 nitrogen and oxygen atoms in total. The highest BCUT2D eigenvalue weighted by molar-refractivity contribution is 6.30. The van der Waals surface area contributed by atoms with Crippen LogP contribution in [0.5, 0.6) is 0 Å². The number of nitrogens with one attached hydrogen (secondary N) is 1. The predicted molar refractivity (Wildman–Crippen MR) is 73.8 cm³/mol. The van der Waals surface area contributed by atoms with Gasteiger partial charge in [0.25, 0.3) is 0 Å². The van der Waals surface area contributed by atoms with E-state index in [-0.39, 0.29) is 12.5 Å². The van der Waals surface area contributed by atoms with Crippen molar-refractivity contribution in [2.24, 2.45) is 0 Å². The Labute approximate surface area is 113 Å². The average molecular weight is 270 g/mol. The zero-order valence-corrected chi connectivity index (χ0v) is 12.0.